The minimum absolute atomic E-state index is 0.00184. The Morgan fingerprint density at radius 2 is 2.16 bits per heavy atom. The fourth-order valence-corrected chi connectivity index (χ4v) is 2.02. The highest BCUT2D eigenvalue weighted by atomic mass is 16.4. The van der Waals surface area contributed by atoms with Gasteiger partial charge < -0.3 is 15.8 Å². The summed E-state index contributed by atoms with van der Waals surface area (Å²) in [5.41, 5.74) is 6.66. The van der Waals surface area contributed by atoms with E-state index in [0.29, 0.717) is 23.6 Å². The van der Waals surface area contributed by atoms with Gasteiger partial charge in [0.1, 0.15) is 0 Å². The normalized spacial score (nSPS) is 15.3. The summed E-state index contributed by atoms with van der Waals surface area (Å²) in [5.74, 6) is 0.679. The summed E-state index contributed by atoms with van der Waals surface area (Å²) >= 11 is 0. The molecule has 0 unspecified atom stereocenters. The van der Waals surface area contributed by atoms with Crippen LogP contribution in [-0.2, 0) is 0 Å². The molecule has 0 saturated heterocycles. The van der Waals surface area contributed by atoms with Crippen molar-refractivity contribution in [2.24, 2.45) is 16.8 Å². The first kappa shape index (κ1) is 13.4. The van der Waals surface area contributed by atoms with Crippen LogP contribution in [0.2, 0.25) is 0 Å². The lowest BCUT2D eigenvalue weighted by Gasteiger charge is -2.21. The van der Waals surface area contributed by atoms with Gasteiger partial charge in [0.15, 0.2) is 5.84 Å². The van der Waals surface area contributed by atoms with Crippen molar-refractivity contribution in [2.75, 3.05) is 13.1 Å². The van der Waals surface area contributed by atoms with Crippen LogP contribution < -0.4 is 5.73 Å². The second kappa shape index (κ2) is 5.73. The molecule has 0 aliphatic heterocycles. The van der Waals surface area contributed by atoms with Crippen LogP contribution in [0.1, 0.15) is 35.7 Å². The predicted molar refractivity (Wildman–Crippen MR) is 73.3 cm³/mol. The molecule has 1 amide bonds. The van der Waals surface area contributed by atoms with E-state index in [9.17, 15) is 4.79 Å². The van der Waals surface area contributed by atoms with Gasteiger partial charge in [-0.3, -0.25) is 4.79 Å². The highest BCUT2D eigenvalue weighted by Gasteiger charge is 2.26. The largest absolute Gasteiger partial charge is 0.409 e. The van der Waals surface area contributed by atoms with Crippen molar-refractivity contribution in [1.82, 2.24) is 4.90 Å². The second-order valence-electron chi connectivity index (χ2n) is 4.85. The molecular formula is C14H19N3O2. The number of hydrogen-bond acceptors (Lipinski definition) is 3. The molecule has 102 valence electrons. The quantitative estimate of drug-likeness (QED) is 0.366. The van der Waals surface area contributed by atoms with Gasteiger partial charge in [0.25, 0.3) is 5.91 Å². The van der Waals surface area contributed by atoms with Gasteiger partial charge in [-0.25, -0.2) is 0 Å². The number of carbonyl (C=O) groups is 1. The topological polar surface area (TPSA) is 78.9 Å². The van der Waals surface area contributed by atoms with Crippen molar-refractivity contribution >= 4 is 11.7 Å². The van der Waals surface area contributed by atoms with Crippen LogP contribution in [0.3, 0.4) is 0 Å². The van der Waals surface area contributed by atoms with Crippen LogP contribution in [0.5, 0.6) is 0 Å². The van der Waals surface area contributed by atoms with Crippen LogP contribution in [-0.4, -0.2) is 34.9 Å². The van der Waals surface area contributed by atoms with Gasteiger partial charge in [-0.15, -0.1) is 0 Å². The van der Waals surface area contributed by atoms with E-state index in [1.54, 1.807) is 24.3 Å². The predicted octanol–water partition coefficient (Wildman–Crippen LogP) is 1.65. The molecule has 0 bridgehead atoms. The van der Waals surface area contributed by atoms with Gasteiger partial charge in [-0.1, -0.05) is 17.3 Å². The molecule has 0 atom stereocenters. The highest BCUT2D eigenvalue weighted by Crippen LogP contribution is 2.30. The van der Waals surface area contributed by atoms with Crippen molar-refractivity contribution in [3.63, 3.8) is 0 Å². The summed E-state index contributed by atoms with van der Waals surface area (Å²) in [4.78, 5) is 14.2. The van der Waals surface area contributed by atoms with Crippen molar-refractivity contribution < 1.29 is 10.0 Å². The average molecular weight is 261 g/mol. The summed E-state index contributed by atoms with van der Waals surface area (Å²) in [6.07, 6.45) is 2.43. The van der Waals surface area contributed by atoms with Crippen molar-refractivity contribution in [3.8, 4) is 0 Å². The van der Waals surface area contributed by atoms with Gasteiger partial charge in [0.05, 0.1) is 0 Å². The highest BCUT2D eigenvalue weighted by molar-refractivity contribution is 6.01. The van der Waals surface area contributed by atoms with Gasteiger partial charge in [0, 0.05) is 24.2 Å². The first-order valence-corrected chi connectivity index (χ1v) is 6.53. The number of hydrogen-bond donors (Lipinski definition) is 2. The second-order valence-corrected chi connectivity index (χ2v) is 4.85. The van der Waals surface area contributed by atoms with Crippen LogP contribution in [0, 0.1) is 5.92 Å². The first-order chi connectivity index (χ1) is 9.15. The minimum Gasteiger partial charge on any atom is -0.409 e. The molecule has 1 saturated carbocycles. The van der Waals surface area contributed by atoms with Crippen LogP contribution >= 0.6 is 0 Å². The van der Waals surface area contributed by atoms with E-state index in [0.717, 1.165) is 6.54 Å². The molecule has 1 aliphatic rings. The van der Waals surface area contributed by atoms with Gasteiger partial charge >= 0.3 is 0 Å². The fourth-order valence-electron chi connectivity index (χ4n) is 2.02. The Morgan fingerprint density at radius 1 is 1.47 bits per heavy atom. The molecular weight excluding hydrogens is 242 g/mol. The number of carbonyl (C=O) groups excluding carboxylic acids is 1. The average Bonchev–Trinajstić information content (AvgIpc) is 3.27. The maximum absolute atomic E-state index is 12.4. The lowest BCUT2D eigenvalue weighted by molar-refractivity contribution is 0.0757. The minimum atomic E-state index is 0.00184. The Labute approximate surface area is 112 Å². The molecule has 1 aliphatic carbocycles. The number of nitrogens with two attached hydrogens (primary N) is 1. The lowest BCUT2D eigenvalue weighted by atomic mass is 10.1. The number of nitrogens with zero attached hydrogens (tertiary/aromatic N) is 2. The first-order valence-electron chi connectivity index (χ1n) is 6.53. The van der Waals surface area contributed by atoms with E-state index in [1.165, 1.54) is 12.8 Å². The molecule has 5 heteroatoms. The molecule has 2 rings (SSSR count). The van der Waals surface area contributed by atoms with Crippen LogP contribution in [0.4, 0.5) is 0 Å². The molecule has 5 nitrogen and oxygen atoms in total. The maximum Gasteiger partial charge on any atom is 0.253 e. The number of rotatable bonds is 5. The molecule has 3 N–H and O–H groups in total. The standard InChI is InChI=1S/C14H19N3O2/c1-2-17(9-10-6-7-10)14(18)12-5-3-4-11(8-12)13(15)16-19/h3-5,8,10,19H,2,6-7,9H2,1H3,(H2,15,16). The zero-order valence-electron chi connectivity index (χ0n) is 11.0. The number of benzene rings is 1. The van der Waals surface area contributed by atoms with Gasteiger partial charge in [-0.2, -0.15) is 0 Å². The SMILES string of the molecule is CCN(CC1CC1)C(=O)c1cccc(C(N)=NO)c1. The Hall–Kier alpha value is -2.04. The summed E-state index contributed by atoms with van der Waals surface area (Å²) in [7, 11) is 0. The monoisotopic (exact) mass is 261 g/mol. The zero-order valence-corrected chi connectivity index (χ0v) is 11.0. The fraction of sp³-hybridized carbons (Fsp3) is 0.429. The molecule has 0 aromatic heterocycles. The van der Waals surface area contributed by atoms with E-state index < -0.39 is 0 Å². The zero-order chi connectivity index (χ0) is 13.8. The summed E-state index contributed by atoms with van der Waals surface area (Å²) in [6, 6.07) is 6.87. The van der Waals surface area contributed by atoms with E-state index in [4.69, 9.17) is 10.9 Å². The number of oxime groups is 1. The van der Waals surface area contributed by atoms with Crippen molar-refractivity contribution in [2.45, 2.75) is 19.8 Å². The maximum atomic E-state index is 12.4. The van der Waals surface area contributed by atoms with E-state index in [2.05, 4.69) is 5.16 Å². The van der Waals surface area contributed by atoms with Gasteiger partial charge in [0.2, 0.25) is 0 Å². The molecule has 0 radical (unpaired) electrons. The summed E-state index contributed by atoms with van der Waals surface area (Å²) < 4.78 is 0. The molecule has 19 heavy (non-hydrogen) atoms. The summed E-state index contributed by atoms with van der Waals surface area (Å²) in [5, 5.41) is 11.6. The van der Waals surface area contributed by atoms with E-state index >= 15 is 0 Å². The van der Waals surface area contributed by atoms with Crippen molar-refractivity contribution in [1.29, 1.82) is 0 Å². The Balaban J connectivity index is 2.17. The molecule has 1 aromatic rings. The Morgan fingerprint density at radius 3 is 2.74 bits per heavy atom. The molecule has 0 heterocycles. The van der Waals surface area contributed by atoms with Crippen molar-refractivity contribution in [3.05, 3.63) is 35.4 Å². The van der Waals surface area contributed by atoms with Gasteiger partial charge in [-0.05, 0) is 37.8 Å². The summed E-state index contributed by atoms with van der Waals surface area (Å²) in [6.45, 7) is 3.50. The number of amidine groups is 1. The Kier molecular flexibility index (Phi) is 4.04. The van der Waals surface area contributed by atoms with Crippen LogP contribution in [0.25, 0.3) is 0 Å². The van der Waals surface area contributed by atoms with E-state index in [1.807, 2.05) is 11.8 Å². The third-order valence-electron chi connectivity index (χ3n) is 3.36. The van der Waals surface area contributed by atoms with Crippen LogP contribution in [0.15, 0.2) is 29.4 Å². The molecule has 1 fully saturated rings. The lowest BCUT2D eigenvalue weighted by Crippen LogP contribution is -2.32. The molecule has 0 spiro atoms. The third-order valence-corrected chi connectivity index (χ3v) is 3.36. The molecule has 1 aromatic carbocycles. The smallest absolute Gasteiger partial charge is 0.253 e. The Bertz CT molecular complexity index is 495. The number of amides is 1. The van der Waals surface area contributed by atoms with E-state index in [-0.39, 0.29) is 11.7 Å². The third kappa shape index (κ3) is 3.24.